The molecule has 1 saturated heterocycles. The lowest BCUT2D eigenvalue weighted by atomic mass is 9.98. The number of aliphatic hydroxyl groups excluding tert-OH is 1. The summed E-state index contributed by atoms with van der Waals surface area (Å²) in [5, 5.41) is 9.76. The fourth-order valence-corrected chi connectivity index (χ4v) is 2.87. The van der Waals surface area contributed by atoms with Crippen molar-refractivity contribution in [1.29, 1.82) is 0 Å². The summed E-state index contributed by atoms with van der Waals surface area (Å²) in [5.74, 6) is 0. The highest BCUT2D eigenvalue weighted by Crippen LogP contribution is 2.29. The third-order valence-electron chi connectivity index (χ3n) is 4.43. The molecular weight excluding hydrogens is 324 g/mol. The Kier molecular flexibility index (Phi) is 12.7. The number of hydrogen-bond donors (Lipinski definition) is 1. The van der Waals surface area contributed by atoms with E-state index in [0.29, 0.717) is 19.8 Å². The molecule has 0 aromatic carbocycles. The predicted octanol–water partition coefficient (Wildman–Crippen LogP) is 2.91. The topological polar surface area (TPSA) is 66.4 Å². The third-order valence-corrected chi connectivity index (χ3v) is 4.43. The average Bonchev–Trinajstić information content (AvgIpc) is 2.63. The van der Waals surface area contributed by atoms with Gasteiger partial charge in [0.25, 0.3) is 0 Å². The minimum Gasteiger partial charge on any atom is -0.394 e. The maximum atomic E-state index is 9.76. The maximum absolute atomic E-state index is 9.76. The van der Waals surface area contributed by atoms with Crippen molar-refractivity contribution in [1.82, 2.24) is 0 Å². The van der Waals surface area contributed by atoms with Crippen LogP contribution in [0.5, 0.6) is 0 Å². The minimum absolute atomic E-state index is 0.133. The summed E-state index contributed by atoms with van der Waals surface area (Å²) >= 11 is 0. The van der Waals surface area contributed by atoms with Crippen molar-refractivity contribution in [3.63, 3.8) is 0 Å². The SMILES string of the molecule is CCCCOC1C(OCCCC)[C@H](OCCCC)C(CO)O[C@@H]1OC. The summed E-state index contributed by atoms with van der Waals surface area (Å²) in [6, 6.07) is 0. The van der Waals surface area contributed by atoms with Crippen LogP contribution in [-0.4, -0.2) is 69.3 Å². The van der Waals surface area contributed by atoms with Gasteiger partial charge in [0.1, 0.15) is 24.4 Å². The Bertz CT molecular complexity index is 290. The zero-order valence-electron chi connectivity index (χ0n) is 16.4. The van der Waals surface area contributed by atoms with E-state index in [2.05, 4.69) is 20.8 Å². The Labute approximate surface area is 153 Å². The second-order valence-corrected chi connectivity index (χ2v) is 6.53. The Morgan fingerprint density at radius 1 is 0.760 bits per heavy atom. The summed E-state index contributed by atoms with van der Waals surface area (Å²) < 4.78 is 29.7. The number of ether oxygens (including phenoxy) is 5. The summed E-state index contributed by atoms with van der Waals surface area (Å²) in [5.41, 5.74) is 0. The van der Waals surface area contributed by atoms with E-state index in [9.17, 15) is 5.11 Å². The van der Waals surface area contributed by atoms with Crippen molar-refractivity contribution in [2.75, 3.05) is 33.5 Å². The highest BCUT2D eigenvalue weighted by Gasteiger charge is 2.48. The number of hydrogen-bond acceptors (Lipinski definition) is 6. The molecule has 1 rings (SSSR count). The Balaban J connectivity index is 2.87. The van der Waals surface area contributed by atoms with Gasteiger partial charge in [0.15, 0.2) is 6.29 Å². The highest BCUT2D eigenvalue weighted by molar-refractivity contribution is 4.92. The van der Waals surface area contributed by atoms with Crippen LogP contribution >= 0.6 is 0 Å². The van der Waals surface area contributed by atoms with Crippen LogP contribution in [-0.2, 0) is 23.7 Å². The summed E-state index contributed by atoms with van der Waals surface area (Å²) in [4.78, 5) is 0. The smallest absolute Gasteiger partial charge is 0.186 e. The standard InChI is InChI=1S/C19H38O6/c1-5-8-11-22-16-15(14-20)25-19(21-4)18(24-13-10-7-3)17(16)23-12-9-6-2/h15-20H,5-14H2,1-4H3/t15?,16-,17?,18?,19+/m1/s1. The monoisotopic (exact) mass is 362 g/mol. The molecule has 3 unspecified atom stereocenters. The molecule has 0 aromatic rings. The first-order chi connectivity index (χ1) is 12.2. The van der Waals surface area contributed by atoms with Gasteiger partial charge in [-0.1, -0.05) is 40.0 Å². The zero-order chi connectivity index (χ0) is 18.5. The van der Waals surface area contributed by atoms with Crippen LogP contribution in [0.15, 0.2) is 0 Å². The molecule has 150 valence electrons. The summed E-state index contributed by atoms with van der Waals surface area (Å²) in [7, 11) is 1.59. The van der Waals surface area contributed by atoms with Crippen molar-refractivity contribution in [3.8, 4) is 0 Å². The lowest BCUT2D eigenvalue weighted by molar-refractivity contribution is -0.316. The Morgan fingerprint density at radius 2 is 1.24 bits per heavy atom. The van der Waals surface area contributed by atoms with Crippen molar-refractivity contribution >= 4 is 0 Å². The van der Waals surface area contributed by atoms with Crippen molar-refractivity contribution in [2.24, 2.45) is 0 Å². The molecule has 1 aliphatic rings. The quantitative estimate of drug-likeness (QED) is 0.479. The summed E-state index contributed by atoms with van der Waals surface area (Å²) in [6.45, 7) is 8.13. The molecule has 6 nitrogen and oxygen atoms in total. The van der Waals surface area contributed by atoms with Crippen molar-refractivity contribution in [3.05, 3.63) is 0 Å². The van der Waals surface area contributed by atoms with Crippen molar-refractivity contribution in [2.45, 2.75) is 90.0 Å². The van der Waals surface area contributed by atoms with E-state index in [1.54, 1.807) is 7.11 Å². The van der Waals surface area contributed by atoms with E-state index in [0.717, 1.165) is 38.5 Å². The van der Waals surface area contributed by atoms with Gasteiger partial charge in [-0.3, -0.25) is 0 Å². The second kappa shape index (κ2) is 13.9. The highest BCUT2D eigenvalue weighted by atomic mass is 16.7. The maximum Gasteiger partial charge on any atom is 0.186 e. The molecule has 1 heterocycles. The van der Waals surface area contributed by atoms with E-state index in [1.165, 1.54) is 0 Å². The van der Waals surface area contributed by atoms with Crippen LogP contribution in [0.2, 0.25) is 0 Å². The van der Waals surface area contributed by atoms with Gasteiger partial charge in [0.2, 0.25) is 0 Å². The predicted molar refractivity (Wildman–Crippen MR) is 96.7 cm³/mol. The van der Waals surface area contributed by atoms with Gasteiger partial charge in [-0.2, -0.15) is 0 Å². The van der Waals surface area contributed by atoms with Crippen LogP contribution in [0.3, 0.4) is 0 Å². The van der Waals surface area contributed by atoms with Gasteiger partial charge in [-0.05, 0) is 19.3 Å². The molecule has 0 spiro atoms. The first-order valence-electron chi connectivity index (χ1n) is 9.87. The van der Waals surface area contributed by atoms with Crippen LogP contribution in [0.1, 0.15) is 59.3 Å². The molecule has 6 heteroatoms. The first kappa shape index (κ1) is 22.8. The van der Waals surface area contributed by atoms with E-state index < -0.39 is 12.4 Å². The number of aliphatic hydroxyl groups is 1. The lowest BCUT2D eigenvalue weighted by Crippen LogP contribution is -2.61. The molecule has 1 N–H and O–H groups in total. The average molecular weight is 363 g/mol. The third kappa shape index (κ3) is 7.49. The van der Waals surface area contributed by atoms with Crippen LogP contribution in [0, 0.1) is 0 Å². The molecule has 1 aliphatic heterocycles. The van der Waals surface area contributed by atoms with Gasteiger partial charge in [-0.25, -0.2) is 0 Å². The van der Waals surface area contributed by atoms with Gasteiger partial charge >= 0.3 is 0 Å². The van der Waals surface area contributed by atoms with Gasteiger partial charge in [-0.15, -0.1) is 0 Å². The van der Waals surface area contributed by atoms with Crippen LogP contribution < -0.4 is 0 Å². The second-order valence-electron chi connectivity index (χ2n) is 6.53. The molecule has 0 bridgehead atoms. The molecule has 0 saturated carbocycles. The molecular formula is C19H38O6. The Hall–Kier alpha value is -0.240. The van der Waals surface area contributed by atoms with E-state index in [-0.39, 0.29) is 24.9 Å². The molecule has 1 fully saturated rings. The van der Waals surface area contributed by atoms with E-state index in [4.69, 9.17) is 23.7 Å². The van der Waals surface area contributed by atoms with Gasteiger partial charge < -0.3 is 28.8 Å². The molecule has 0 amide bonds. The van der Waals surface area contributed by atoms with Gasteiger partial charge in [0, 0.05) is 26.9 Å². The number of methoxy groups -OCH3 is 1. The fourth-order valence-electron chi connectivity index (χ4n) is 2.87. The first-order valence-corrected chi connectivity index (χ1v) is 9.87. The fraction of sp³-hybridized carbons (Fsp3) is 1.00. The Morgan fingerprint density at radius 3 is 1.68 bits per heavy atom. The normalized spacial score (nSPS) is 29.9. The zero-order valence-corrected chi connectivity index (χ0v) is 16.4. The molecule has 5 atom stereocenters. The molecule has 0 aliphatic carbocycles. The molecule has 0 aromatic heterocycles. The molecule has 25 heavy (non-hydrogen) atoms. The van der Waals surface area contributed by atoms with E-state index in [1.807, 2.05) is 0 Å². The van der Waals surface area contributed by atoms with E-state index >= 15 is 0 Å². The van der Waals surface area contributed by atoms with Crippen LogP contribution in [0.25, 0.3) is 0 Å². The van der Waals surface area contributed by atoms with Crippen molar-refractivity contribution < 1.29 is 28.8 Å². The lowest BCUT2D eigenvalue weighted by Gasteiger charge is -2.45. The molecule has 0 radical (unpaired) electrons. The number of rotatable bonds is 14. The van der Waals surface area contributed by atoms with Crippen LogP contribution in [0.4, 0.5) is 0 Å². The number of unbranched alkanes of at least 4 members (excludes halogenated alkanes) is 3. The minimum atomic E-state index is -0.563. The largest absolute Gasteiger partial charge is 0.394 e. The summed E-state index contributed by atoms with van der Waals surface area (Å²) in [6.07, 6.45) is 4.02. The van der Waals surface area contributed by atoms with Gasteiger partial charge in [0.05, 0.1) is 6.61 Å².